The Hall–Kier alpha value is -1.02. The molecule has 1 rings (SSSR count). The minimum atomic E-state index is -0.591. The largest absolute Gasteiger partial charge is 0.355 e. The summed E-state index contributed by atoms with van der Waals surface area (Å²) in [5, 5.41) is 2.22. The van der Waals surface area contributed by atoms with Crippen LogP contribution >= 0.6 is 11.6 Å². The van der Waals surface area contributed by atoms with E-state index in [0.29, 0.717) is 6.54 Å². The average Bonchev–Trinajstić information content (AvgIpc) is 2.28. The number of alkyl halides is 1. The monoisotopic (exact) mass is 239 g/mol. The first-order chi connectivity index (χ1) is 7.57. The first kappa shape index (κ1) is 13.0. The number of halogens is 1. The molecule has 0 aliphatic carbocycles. The smallest absolute Gasteiger partial charge is 0.242 e. The van der Waals surface area contributed by atoms with E-state index in [1.165, 1.54) is 0 Å². The zero-order valence-corrected chi connectivity index (χ0v) is 10.8. The van der Waals surface area contributed by atoms with Crippen LogP contribution < -0.4 is 5.32 Å². The van der Waals surface area contributed by atoms with E-state index < -0.39 is 5.38 Å². The van der Waals surface area contributed by atoms with E-state index in [2.05, 4.69) is 5.32 Å². The van der Waals surface area contributed by atoms with Gasteiger partial charge in [-0.25, -0.2) is 0 Å². The highest BCUT2D eigenvalue weighted by Gasteiger charge is 2.19. The van der Waals surface area contributed by atoms with Crippen LogP contribution in [-0.4, -0.2) is 12.5 Å². The Bertz CT molecular complexity index is 376. The summed E-state index contributed by atoms with van der Waals surface area (Å²) in [6.45, 7) is 6.70. The van der Waals surface area contributed by atoms with Gasteiger partial charge in [0.1, 0.15) is 5.38 Å². The molecule has 1 aromatic carbocycles. The maximum atomic E-state index is 11.7. The summed E-state index contributed by atoms with van der Waals surface area (Å²) >= 11 is 6.16. The number of rotatable bonds is 4. The van der Waals surface area contributed by atoms with E-state index in [-0.39, 0.29) is 5.91 Å². The SMILES string of the molecule is CCCNC(=O)C(Cl)c1cccc(C)c1C. The van der Waals surface area contributed by atoms with Crippen molar-refractivity contribution < 1.29 is 4.79 Å². The number of hydrogen-bond donors (Lipinski definition) is 1. The van der Waals surface area contributed by atoms with Crippen molar-refractivity contribution in [1.82, 2.24) is 5.32 Å². The lowest BCUT2D eigenvalue weighted by molar-refractivity contribution is -0.120. The van der Waals surface area contributed by atoms with Gasteiger partial charge in [0, 0.05) is 6.54 Å². The van der Waals surface area contributed by atoms with Crippen LogP contribution in [0.4, 0.5) is 0 Å². The van der Waals surface area contributed by atoms with Gasteiger partial charge in [0.05, 0.1) is 0 Å². The molecule has 1 atom stereocenters. The zero-order valence-electron chi connectivity index (χ0n) is 10.0. The van der Waals surface area contributed by atoms with Gasteiger partial charge in [-0.3, -0.25) is 4.79 Å². The highest BCUT2D eigenvalue weighted by molar-refractivity contribution is 6.30. The molecule has 1 amide bonds. The van der Waals surface area contributed by atoms with Crippen LogP contribution in [0.1, 0.15) is 35.4 Å². The van der Waals surface area contributed by atoms with Gasteiger partial charge in [0.15, 0.2) is 0 Å². The van der Waals surface area contributed by atoms with Gasteiger partial charge in [-0.1, -0.05) is 25.1 Å². The van der Waals surface area contributed by atoms with E-state index in [9.17, 15) is 4.79 Å². The Morgan fingerprint density at radius 2 is 2.12 bits per heavy atom. The summed E-state index contributed by atoms with van der Waals surface area (Å²) < 4.78 is 0. The van der Waals surface area contributed by atoms with E-state index in [4.69, 9.17) is 11.6 Å². The van der Waals surface area contributed by atoms with Gasteiger partial charge >= 0.3 is 0 Å². The van der Waals surface area contributed by atoms with Crippen LogP contribution in [-0.2, 0) is 4.79 Å². The summed E-state index contributed by atoms with van der Waals surface area (Å²) in [4.78, 5) is 11.7. The van der Waals surface area contributed by atoms with Gasteiger partial charge in [-0.05, 0) is 37.0 Å². The van der Waals surface area contributed by atoms with E-state index >= 15 is 0 Å². The second-order valence-corrected chi connectivity index (χ2v) is 4.38. The minimum absolute atomic E-state index is 0.114. The molecule has 2 nitrogen and oxygen atoms in total. The molecular weight excluding hydrogens is 222 g/mol. The molecule has 0 aliphatic rings. The fourth-order valence-electron chi connectivity index (χ4n) is 1.53. The number of benzene rings is 1. The van der Waals surface area contributed by atoms with Gasteiger partial charge in [0.2, 0.25) is 5.91 Å². The summed E-state index contributed by atoms with van der Waals surface area (Å²) in [5.41, 5.74) is 3.15. The van der Waals surface area contributed by atoms with Crippen LogP contribution in [0.25, 0.3) is 0 Å². The molecule has 0 spiro atoms. The zero-order chi connectivity index (χ0) is 12.1. The molecule has 1 N–H and O–H groups in total. The van der Waals surface area contributed by atoms with Crippen LogP contribution in [0, 0.1) is 13.8 Å². The Balaban J connectivity index is 2.83. The fourth-order valence-corrected chi connectivity index (χ4v) is 1.84. The highest BCUT2D eigenvalue weighted by atomic mass is 35.5. The number of nitrogens with one attached hydrogen (secondary N) is 1. The second kappa shape index (κ2) is 5.90. The van der Waals surface area contributed by atoms with Crippen molar-refractivity contribution in [2.24, 2.45) is 0 Å². The molecule has 0 saturated heterocycles. The molecule has 0 saturated carbocycles. The Morgan fingerprint density at radius 1 is 1.44 bits per heavy atom. The second-order valence-electron chi connectivity index (χ2n) is 3.94. The number of carbonyl (C=O) groups excluding carboxylic acids is 1. The normalized spacial score (nSPS) is 12.2. The predicted octanol–water partition coefficient (Wildman–Crippen LogP) is 3.11. The van der Waals surface area contributed by atoms with Crippen molar-refractivity contribution in [1.29, 1.82) is 0 Å². The van der Waals surface area contributed by atoms with Crippen molar-refractivity contribution in [3.63, 3.8) is 0 Å². The van der Waals surface area contributed by atoms with Gasteiger partial charge in [0.25, 0.3) is 0 Å². The van der Waals surface area contributed by atoms with Gasteiger partial charge < -0.3 is 5.32 Å². The molecule has 3 heteroatoms. The first-order valence-electron chi connectivity index (χ1n) is 5.55. The van der Waals surface area contributed by atoms with Crippen molar-refractivity contribution in [3.05, 3.63) is 34.9 Å². The third-order valence-corrected chi connectivity index (χ3v) is 3.13. The maximum absolute atomic E-state index is 11.7. The van der Waals surface area contributed by atoms with Crippen molar-refractivity contribution in [3.8, 4) is 0 Å². The third-order valence-electron chi connectivity index (χ3n) is 2.70. The molecule has 0 fully saturated rings. The summed E-state index contributed by atoms with van der Waals surface area (Å²) in [5.74, 6) is -0.114. The minimum Gasteiger partial charge on any atom is -0.355 e. The van der Waals surface area contributed by atoms with E-state index in [1.54, 1.807) is 0 Å². The number of aryl methyl sites for hydroxylation is 1. The molecule has 1 aromatic rings. The highest BCUT2D eigenvalue weighted by Crippen LogP contribution is 2.25. The van der Waals surface area contributed by atoms with Crippen molar-refractivity contribution >= 4 is 17.5 Å². The molecule has 0 bridgehead atoms. The lowest BCUT2D eigenvalue weighted by atomic mass is 10.0. The van der Waals surface area contributed by atoms with E-state index in [0.717, 1.165) is 23.1 Å². The molecule has 0 heterocycles. The van der Waals surface area contributed by atoms with Gasteiger partial charge in [-0.15, -0.1) is 11.6 Å². The first-order valence-corrected chi connectivity index (χ1v) is 5.99. The lowest BCUT2D eigenvalue weighted by Crippen LogP contribution is -2.27. The van der Waals surface area contributed by atoms with Crippen molar-refractivity contribution in [2.45, 2.75) is 32.6 Å². The molecule has 1 unspecified atom stereocenters. The maximum Gasteiger partial charge on any atom is 0.242 e. The van der Waals surface area contributed by atoms with E-state index in [1.807, 2.05) is 39.0 Å². The van der Waals surface area contributed by atoms with Crippen LogP contribution in [0.15, 0.2) is 18.2 Å². The Morgan fingerprint density at radius 3 is 2.75 bits per heavy atom. The number of amides is 1. The van der Waals surface area contributed by atoms with Crippen LogP contribution in [0.3, 0.4) is 0 Å². The Kier molecular flexibility index (Phi) is 4.81. The molecule has 88 valence electrons. The molecule has 0 aliphatic heterocycles. The predicted molar refractivity (Wildman–Crippen MR) is 67.8 cm³/mol. The Labute approximate surface area is 102 Å². The standard InChI is InChI=1S/C13H18ClNO/c1-4-8-15-13(16)12(14)11-7-5-6-9(2)10(11)3/h5-7,12H,4,8H2,1-3H3,(H,15,16). The quantitative estimate of drug-likeness (QED) is 0.804. The van der Waals surface area contributed by atoms with Gasteiger partial charge in [-0.2, -0.15) is 0 Å². The molecular formula is C13H18ClNO. The summed E-state index contributed by atoms with van der Waals surface area (Å²) in [7, 11) is 0. The number of carbonyl (C=O) groups is 1. The average molecular weight is 240 g/mol. The van der Waals surface area contributed by atoms with Crippen LogP contribution in [0.2, 0.25) is 0 Å². The number of hydrogen-bond acceptors (Lipinski definition) is 1. The molecule has 16 heavy (non-hydrogen) atoms. The fraction of sp³-hybridized carbons (Fsp3) is 0.462. The summed E-state index contributed by atoms with van der Waals surface area (Å²) in [6.07, 6.45) is 0.919. The third kappa shape index (κ3) is 2.99. The van der Waals surface area contributed by atoms with Crippen LogP contribution in [0.5, 0.6) is 0 Å². The summed E-state index contributed by atoms with van der Waals surface area (Å²) in [6, 6.07) is 5.86. The van der Waals surface area contributed by atoms with Crippen molar-refractivity contribution in [2.75, 3.05) is 6.54 Å². The molecule has 0 aromatic heterocycles. The lowest BCUT2D eigenvalue weighted by Gasteiger charge is -2.14. The molecule has 0 radical (unpaired) electrons. The topological polar surface area (TPSA) is 29.1 Å².